The number of aliphatic imine (C=N–C) groups is 1. The molecule has 0 saturated carbocycles. The summed E-state index contributed by atoms with van der Waals surface area (Å²) >= 11 is 1.40. The Labute approximate surface area is 207 Å². The zero-order valence-corrected chi connectivity index (χ0v) is 20.5. The van der Waals surface area contributed by atoms with E-state index >= 15 is 0 Å². The van der Waals surface area contributed by atoms with Crippen LogP contribution in [0, 0.1) is 0 Å². The Morgan fingerprint density at radius 3 is 2.03 bits per heavy atom. The molecule has 0 rings (SSSR count). The van der Waals surface area contributed by atoms with E-state index in [1.807, 2.05) is 0 Å². The SMILES string of the molecule is CSCCC(NC(=O)C(CCCN=C(N)N)NC(=O)C(NC(=O)C(N)CC(N)=O)C(C)O)C(=O)O. The zero-order chi connectivity index (χ0) is 27.1. The lowest BCUT2D eigenvalue weighted by molar-refractivity contribution is -0.142. The van der Waals surface area contributed by atoms with Gasteiger partial charge in [-0.15, -0.1) is 0 Å². The highest BCUT2D eigenvalue weighted by Crippen LogP contribution is 2.06. The van der Waals surface area contributed by atoms with E-state index in [0.29, 0.717) is 5.75 Å². The van der Waals surface area contributed by atoms with E-state index in [1.54, 1.807) is 6.26 Å². The lowest BCUT2D eigenvalue weighted by Crippen LogP contribution is -2.60. The number of nitrogens with zero attached hydrogens (tertiary/aromatic N) is 1. The standard InChI is InChI=1S/C19H36N8O7S/c1-9(28)14(27-15(30)10(20)8-13(21)29)17(32)25-11(4-3-6-24-19(22)23)16(31)26-12(18(33)34)5-7-35-2/h9-12,14,28H,3-8,20H2,1-2H3,(H2,21,29)(H,25,32)(H,26,31)(H,27,30)(H,33,34)(H4,22,23,24). The van der Waals surface area contributed by atoms with E-state index in [1.165, 1.54) is 18.7 Å². The fourth-order valence-corrected chi connectivity index (χ4v) is 3.25. The number of guanidine groups is 1. The van der Waals surface area contributed by atoms with Crippen molar-refractivity contribution in [3.05, 3.63) is 0 Å². The maximum Gasteiger partial charge on any atom is 0.326 e. The number of carbonyl (C=O) groups excluding carboxylic acids is 4. The fourth-order valence-electron chi connectivity index (χ4n) is 2.77. The predicted molar refractivity (Wildman–Crippen MR) is 130 cm³/mol. The van der Waals surface area contributed by atoms with E-state index in [2.05, 4.69) is 20.9 Å². The first kappa shape index (κ1) is 31.9. The van der Waals surface area contributed by atoms with Gasteiger partial charge in [0.1, 0.15) is 18.1 Å². The lowest BCUT2D eigenvalue weighted by atomic mass is 10.1. The largest absolute Gasteiger partial charge is 0.480 e. The van der Waals surface area contributed by atoms with Crippen molar-refractivity contribution in [2.24, 2.45) is 27.9 Å². The van der Waals surface area contributed by atoms with Gasteiger partial charge in [-0.3, -0.25) is 24.2 Å². The summed E-state index contributed by atoms with van der Waals surface area (Å²) in [4.78, 5) is 64.1. The molecule has 0 fully saturated rings. The molecule has 0 bridgehead atoms. The van der Waals surface area contributed by atoms with Crippen LogP contribution in [0.15, 0.2) is 4.99 Å². The Morgan fingerprint density at radius 1 is 0.943 bits per heavy atom. The van der Waals surface area contributed by atoms with Gasteiger partial charge in [0.15, 0.2) is 5.96 Å². The Balaban J connectivity index is 5.54. The highest BCUT2D eigenvalue weighted by atomic mass is 32.2. The molecule has 0 aromatic heterocycles. The Hall–Kier alpha value is -3.11. The van der Waals surface area contributed by atoms with Crippen LogP contribution < -0.4 is 38.9 Å². The molecule has 13 N–H and O–H groups in total. The third kappa shape index (κ3) is 13.4. The normalized spacial score (nSPS) is 15.0. The van der Waals surface area contributed by atoms with Gasteiger partial charge in [0.05, 0.1) is 18.6 Å². The van der Waals surface area contributed by atoms with Gasteiger partial charge in [-0.05, 0) is 38.2 Å². The van der Waals surface area contributed by atoms with E-state index in [9.17, 15) is 34.2 Å². The molecule has 0 saturated heterocycles. The molecule has 0 aliphatic rings. The van der Waals surface area contributed by atoms with Gasteiger partial charge in [-0.1, -0.05) is 0 Å². The molecule has 4 amide bonds. The number of aliphatic hydroxyl groups is 1. The van der Waals surface area contributed by atoms with Crippen molar-refractivity contribution in [2.45, 2.75) is 62.9 Å². The number of hydrogen-bond donors (Lipinski definition) is 9. The van der Waals surface area contributed by atoms with Crippen molar-refractivity contribution in [3.8, 4) is 0 Å². The van der Waals surface area contributed by atoms with Crippen LogP contribution >= 0.6 is 11.8 Å². The van der Waals surface area contributed by atoms with Crippen LogP contribution in [0.2, 0.25) is 0 Å². The van der Waals surface area contributed by atoms with Crippen molar-refractivity contribution in [1.29, 1.82) is 0 Å². The topological polar surface area (TPSA) is 278 Å². The summed E-state index contributed by atoms with van der Waals surface area (Å²) in [6.07, 6.45) is 0.314. The first-order valence-corrected chi connectivity index (χ1v) is 12.1. The van der Waals surface area contributed by atoms with Gasteiger partial charge in [-0.2, -0.15) is 11.8 Å². The molecule has 5 unspecified atom stereocenters. The average Bonchev–Trinajstić information content (AvgIpc) is 2.75. The summed E-state index contributed by atoms with van der Waals surface area (Å²) in [7, 11) is 0. The smallest absolute Gasteiger partial charge is 0.326 e. The summed E-state index contributed by atoms with van der Waals surface area (Å²) in [5.41, 5.74) is 21.1. The average molecular weight is 521 g/mol. The van der Waals surface area contributed by atoms with Crippen LogP contribution in [0.25, 0.3) is 0 Å². The maximum atomic E-state index is 12.8. The summed E-state index contributed by atoms with van der Waals surface area (Å²) in [6, 6.07) is -5.30. The second-order valence-electron chi connectivity index (χ2n) is 7.69. The quantitative estimate of drug-likeness (QED) is 0.0505. The molecule has 0 heterocycles. The monoisotopic (exact) mass is 520 g/mol. The molecule has 35 heavy (non-hydrogen) atoms. The predicted octanol–water partition coefficient (Wildman–Crippen LogP) is -4.08. The second kappa shape index (κ2) is 16.5. The van der Waals surface area contributed by atoms with Crippen LogP contribution in [-0.2, 0) is 24.0 Å². The molecule has 15 nitrogen and oxygen atoms in total. The minimum Gasteiger partial charge on any atom is -0.480 e. The highest BCUT2D eigenvalue weighted by Gasteiger charge is 2.32. The molecule has 5 atom stereocenters. The number of thioether (sulfide) groups is 1. The van der Waals surface area contributed by atoms with Crippen molar-refractivity contribution in [1.82, 2.24) is 16.0 Å². The zero-order valence-electron chi connectivity index (χ0n) is 19.7. The fraction of sp³-hybridized carbons (Fsp3) is 0.684. The first-order chi connectivity index (χ1) is 16.3. The number of carbonyl (C=O) groups is 5. The number of aliphatic hydroxyl groups excluding tert-OH is 1. The molecular formula is C19H36N8O7S. The number of carboxylic acids is 1. The van der Waals surface area contributed by atoms with Crippen molar-refractivity contribution in [3.63, 3.8) is 0 Å². The van der Waals surface area contributed by atoms with Crippen molar-refractivity contribution >= 4 is 47.3 Å². The number of primary amides is 1. The van der Waals surface area contributed by atoms with E-state index in [-0.39, 0.29) is 31.8 Å². The van der Waals surface area contributed by atoms with E-state index in [0.717, 1.165) is 0 Å². The molecule has 0 radical (unpaired) electrons. The Morgan fingerprint density at radius 2 is 1.54 bits per heavy atom. The molecule has 16 heteroatoms. The molecule has 0 aromatic rings. The van der Waals surface area contributed by atoms with Gasteiger partial charge in [-0.25, -0.2) is 4.79 Å². The summed E-state index contributed by atoms with van der Waals surface area (Å²) in [5.74, 6) is -4.40. The maximum absolute atomic E-state index is 12.8. The van der Waals surface area contributed by atoms with Crippen molar-refractivity contribution in [2.75, 3.05) is 18.6 Å². The Kier molecular flexibility index (Phi) is 15.0. The van der Waals surface area contributed by atoms with E-state index in [4.69, 9.17) is 22.9 Å². The van der Waals surface area contributed by atoms with Crippen molar-refractivity contribution < 1.29 is 34.2 Å². The molecule has 0 spiro atoms. The third-order valence-electron chi connectivity index (χ3n) is 4.62. The van der Waals surface area contributed by atoms with E-state index < -0.39 is 66.3 Å². The minimum absolute atomic E-state index is 0.0187. The minimum atomic E-state index is -1.53. The summed E-state index contributed by atoms with van der Waals surface area (Å²) < 4.78 is 0. The van der Waals surface area contributed by atoms with Gasteiger partial charge < -0.3 is 49.1 Å². The Bertz CT molecular complexity index is 776. The number of hydrogen-bond acceptors (Lipinski definition) is 9. The number of amides is 4. The van der Waals surface area contributed by atoms with Gasteiger partial charge in [0, 0.05) is 6.54 Å². The number of nitrogens with one attached hydrogen (secondary N) is 3. The number of carboxylic acid groups (broad SMARTS) is 1. The molecule has 0 aliphatic carbocycles. The molecule has 0 aliphatic heterocycles. The van der Waals surface area contributed by atoms with Crippen LogP contribution in [0.5, 0.6) is 0 Å². The van der Waals surface area contributed by atoms with Gasteiger partial charge in [0.2, 0.25) is 23.6 Å². The van der Waals surface area contributed by atoms with Crippen LogP contribution in [0.3, 0.4) is 0 Å². The first-order valence-electron chi connectivity index (χ1n) is 10.7. The van der Waals surface area contributed by atoms with Crippen LogP contribution in [0.1, 0.15) is 32.6 Å². The highest BCUT2D eigenvalue weighted by molar-refractivity contribution is 7.98. The lowest BCUT2D eigenvalue weighted by Gasteiger charge is -2.26. The number of nitrogens with two attached hydrogens (primary N) is 4. The molecule has 200 valence electrons. The van der Waals surface area contributed by atoms with Gasteiger partial charge in [0.25, 0.3) is 0 Å². The summed E-state index contributed by atoms with van der Waals surface area (Å²) in [6.45, 7) is 1.36. The van der Waals surface area contributed by atoms with Crippen LogP contribution in [0.4, 0.5) is 0 Å². The molecular weight excluding hydrogens is 484 g/mol. The third-order valence-corrected chi connectivity index (χ3v) is 5.27. The summed E-state index contributed by atoms with van der Waals surface area (Å²) in [5, 5.41) is 26.4. The van der Waals surface area contributed by atoms with Crippen LogP contribution in [-0.4, -0.2) is 94.6 Å². The van der Waals surface area contributed by atoms with Gasteiger partial charge >= 0.3 is 5.97 Å². The molecule has 0 aromatic carbocycles. The second-order valence-corrected chi connectivity index (χ2v) is 8.68. The number of aliphatic carboxylic acids is 1. The number of rotatable bonds is 17.